The highest BCUT2D eigenvalue weighted by Gasteiger charge is 2.28. The lowest BCUT2D eigenvalue weighted by Gasteiger charge is -2.25. The van der Waals surface area contributed by atoms with Crippen molar-refractivity contribution in [1.82, 2.24) is 10.6 Å². The highest BCUT2D eigenvalue weighted by atomic mass is 35.5. The maximum absolute atomic E-state index is 12.3. The maximum Gasteiger partial charge on any atom is 0.237 e. The lowest BCUT2D eigenvalue weighted by atomic mass is 10.0. The second-order valence-electron chi connectivity index (χ2n) is 6.26. The predicted molar refractivity (Wildman–Crippen MR) is 92.4 cm³/mol. The normalized spacial score (nSPS) is 24.5. The lowest BCUT2D eigenvalue weighted by Crippen LogP contribution is -2.50. The molecule has 1 aromatic rings. The summed E-state index contributed by atoms with van der Waals surface area (Å²) in [6.45, 7) is 2.61. The summed E-state index contributed by atoms with van der Waals surface area (Å²) in [6, 6.07) is 5.78. The number of hydrogen-bond acceptors (Lipinski definition) is 4. The van der Waals surface area contributed by atoms with Gasteiger partial charge in [-0.1, -0.05) is 18.0 Å². The van der Waals surface area contributed by atoms with Crippen molar-refractivity contribution < 1.29 is 9.53 Å². The third-order valence-corrected chi connectivity index (χ3v) is 4.88. The molecule has 1 aromatic carbocycles. The fraction of sp³-hybridized carbons (Fsp3) is 0.588. The van der Waals surface area contributed by atoms with Crippen LogP contribution in [0.3, 0.4) is 0 Å². The monoisotopic (exact) mass is 337 g/mol. The number of nitrogens with zero attached hydrogens (tertiary/aromatic N) is 1. The van der Waals surface area contributed by atoms with Crippen LogP contribution in [0.5, 0.6) is 5.75 Å². The number of carbonyl (C=O) groups is 1. The van der Waals surface area contributed by atoms with Crippen LogP contribution in [0.1, 0.15) is 25.7 Å². The number of hydrogen-bond donors (Lipinski definition) is 2. The summed E-state index contributed by atoms with van der Waals surface area (Å²) in [5.74, 6) is 0.949. The van der Waals surface area contributed by atoms with Crippen LogP contribution < -0.4 is 20.3 Å². The van der Waals surface area contributed by atoms with Gasteiger partial charge in [0.05, 0.1) is 18.8 Å². The molecule has 0 radical (unpaired) electrons. The summed E-state index contributed by atoms with van der Waals surface area (Å²) in [7, 11) is 1.66. The molecular weight excluding hydrogens is 314 g/mol. The molecule has 6 heteroatoms. The van der Waals surface area contributed by atoms with E-state index >= 15 is 0 Å². The molecule has 2 N–H and O–H groups in total. The number of benzene rings is 1. The van der Waals surface area contributed by atoms with E-state index in [-0.39, 0.29) is 18.0 Å². The van der Waals surface area contributed by atoms with Crippen LogP contribution in [0.15, 0.2) is 18.2 Å². The summed E-state index contributed by atoms with van der Waals surface area (Å²) in [4.78, 5) is 14.6. The minimum Gasteiger partial charge on any atom is -0.495 e. The van der Waals surface area contributed by atoms with Gasteiger partial charge in [-0.15, -0.1) is 0 Å². The Labute approximate surface area is 142 Å². The minimum absolute atomic E-state index is 0.0292. The van der Waals surface area contributed by atoms with Gasteiger partial charge in [-0.05, 0) is 44.0 Å². The van der Waals surface area contributed by atoms with Crippen LogP contribution in [0.2, 0.25) is 5.02 Å². The van der Waals surface area contributed by atoms with Crippen LogP contribution in [0, 0.1) is 0 Å². The predicted octanol–water partition coefficient (Wildman–Crippen LogP) is 2.19. The molecule has 2 fully saturated rings. The summed E-state index contributed by atoms with van der Waals surface area (Å²) >= 11 is 6.11. The van der Waals surface area contributed by atoms with Gasteiger partial charge in [-0.25, -0.2) is 0 Å². The van der Waals surface area contributed by atoms with Gasteiger partial charge in [0.25, 0.3) is 0 Å². The van der Waals surface area contributed by atoms with Crippen molar-refractivity contribution in [2.75, 3.05) is 31.6 Å². The van der Waals surface area contributed by atoms with Crippen molar-refractivity contribution in [3.8, 4) is 5.75 Å². The molecule has 5 nitrogen and oxygen atoms in total. The number of rotatable bonds is 4. The third kappa shape index (κ3) is 3.90. The molecule has 0 aliphatic carbocycles. The van der Waals surface area contributed by atoms with E-state index in [4.69, 9.17) is 16.3 Å². The molecule has 23 heavy (non-hydrogen) atoms. The first-order chi connectivity index (χ1) is 11.2. The van der Waals surface area contributed by atoms with Crippen molar-refractivity contribution in [3.05, 3.63) is 23.2 Å². The smallest absolute Gasteiger partial charge is 0.237 e. The Bertz CT molecular complexity index is 561. The molecule has 0 bridgehead atoms. The van der Waals surface area contributed by atoms with Crippen LogP contribution >= 0.6 is 11.6 Å². The van der Waals surface area contributed by atoms with Gasteiger partial charge in [0.2, 0.25) is 5.91 Å². The van der Waals surface area contributed by atoms with Gasteiger partial charge in [0.15, 0.2) is 0 Å². The van der Waals surface area contributed by atoms with Crippen molar-refractivity contribution in [3.63, 3.8) is 0 Å². The number of halogens is 1. The van der Waals surface area contributed by atoms with Crippen molar-refractivity contribution >= 4 is 23.2 Å². The standard InChI is InChI=1S/C17H24ClN3O2/c1-23-16-6-5-12(18)10-15(16)21-9-7-13(11-21)20-17(22)14-4-2-3-8-19-14/h5-6,10,13-14,19H,2-4,7-9,11H2,1H3,(H,20,22)/t13?,14-/m1/s1. The van der Waals surface area contributed by atoms with E-state index in [1.165, 1.54) is 0 Å². The van der Waals surface area contributed by atoms with Gasteiger partial charge in [-0.2, -0.15) is 0 Å². The molecule has 126 valence electrons. The van der Waals surface area contributed by atoms with Gasteiger partial charge in [0.1, 0.15) is 5.75 Å². The molecule has 2 aliphatic rings. The molecule has 3 rings (SSSR count). The van der Waals surface area contributed by atoms with E-state index in [1.807, 2.05) is 18.2 Å². The van der Waals surface area contributed by atoms with Crippen molar-refractivity contribution in [1.29, 1.82) is 0 Å². The van der Waals surface area contributed by atoms with Crippen LogP contribution in [0.4, 0.5) is 5.69 Å². The molecule has 1 unspecified atom stereocenters. The third-order valence-electron chi connectivity index (χ3n) is 4.64. The maximum atomic E-state index is 12.3. The fourth-order valence-electron chi connectivity index (χ4n) is 3.38. The number of piperidine rings is 1. The summed E-state index contributed by atoms with van der Waals surface area (Å²) in [5.41, 5.74) is 0.993. The lowest BCUT2D eigenvalue weighted by molar-refractivity contribution is -0.124. The van der Waals surface area contributed by atoms with Crippen molar-refractivity contribution in [2.45, 2.75) is 37.8 Å². The second kappa shape index (κ2) is 7.41. The molecule has 0 saturated carbocycles. The van der Waals surface area contributed by atoms with Crippen LogP contribution in [-0.2, 0) is 4.79 Å². The summed E-state index contributed by atoms with van der Waals surface area (Å²) in [5, 5.41) is 7.18. The number of carbonyl (C=O) groups excluding carboxylic acids is 1. The Morgan fingerprint density at radius 2 is 2.26 bits per heavy atom. The highest BCUT2D eigenvalue weighted by Crippen LogP contribution is 2.33. The first-order valence-corrected chi connectivity index (χ1v) is 8.67. The van der Waals surface area contributed by atoms with E-state index in [0.29, 0.717) is 5.02 Å². The molecular formula is C17H24ClN3O2. The Morgan fingerprint density at radius 3 is 3.00 bits per heavy atom. The van der Waals surface area contributed by atoms with Gasteiger partial charge in [-0.3, -0.25) is 4.79 Å². The largest absolute Gasteiger partial charge is 0.495 e. The van der Waals surface area contributed by atoms with E-state index < -0.39 is 0 Å². The molecule has 1 amide bonds. The minimum atomic E-state index is -0.0292. The topological polar surface area (TPSA) is 53.6 Å². The number of ether oxygens (including phenoxy) is 1. The zero-order valence-electron chi connectivity index (χ0n) is 13.5. The Kier molecular flexibility index (Phi) is 5.28. The van der Waals surface area contributed by atoms with Gasteiger partial charge in [0, 0.05) is 24.2 Å². The van der Waals surface area contributed by atoms with E-state index in [1.54, 1.807) is 7.11 Å². The van der Waals surface area contributed by atoms with Gasteiger partial charge >= 0.3 is 0 Å². The summed E-state index contributed by atoms with van der Waals surface area (Å²) in [6.07, 6.45) is 4.16. The van der Waals surface area contributed by atoms with E-state index in [2.05, 4.69) is 15.5 Å². The Hall–Kier alpha value is -1.46. The zero-order chi connectivity index (χ0) is 16.2. The van der Waals surface area contributed by atoms with Gasteiger partial charge < -0.3 is 20.3 Å². The Balaban J connectivity index is 1.60. The molecule has 2 saturated heterocycles. The Morgan fingerprint density at radius 1 is 1.39 bits per heavy atom. The quantitative estimate of drug-likeness (QED) is 0.884. The van der Waals surface area contributed by atoms with E-state index in [0.717, 1.165) is 56.8 Å². The number of methoxy groups -OCH3 is 1. The average Bonchev–Trinajstić information content (AvgIpc) is 3.04. The molecule has 0 aromatic heterocycles. The number of anilines is 1. The zero-order valence-corrected chi connectivity index (χ0v) is 14.2. The van der Waals surface area contributed by atoms with Crippen molar-refractivity contribution in [2.24, 2.45) is 0 Å². The summed E-state index contributed by atoms with van der Waals surface area (Å²) < 4.78 is 5.43. The number of amides is 1. The first-order valence-electron chi connectivity index (χ1n) is 8.29. The SMILES string of the molecule is COc1ccc(Cl)cc1N1CCC(NC(=O)[C@H]2CCCCN2)C1. The van der Waals surface area contributed by atoms with E-state index in [9.17, 15) is 4.79 Å². The van der Waals surface area contributed by atoms with Crippen LogP contribution in [-0.4, -0.2) is 44.7 Å². The number of nitrogens with one attached hydrogen (secondary N) is 2. The second-order valence-corrected chi connectivity index (χ2v) is 6.70. The molecule has 0 spiro atoms. The van der Waals surface area contributed by atoms with Crippen LogP contribution in [0.25, 0.3) is 0 Å². The highest BCUT2D eigenvalue weighted by molar-refractivity contribution is 6.30. The molecule has 2 heterocycles. The fourth-order valence-corrected chi connectivity index (χ4v) is 3.55. The molecule has 2 atom stereocenters. The molecule has 2 aliphatic heterocycles. The average molecular weight is 338 g/mol. The first kappa shape index (κ1) is 16.4.